The van der Waals surface area contributed by atoms with E-state index >= 15 is 0 Å². The summed E-state index contributed by atoms with van der Waals surface area (Å²) in [7, 11) is 0. The molecule has 1 aliphatic rings. The molecular weight excluding hydrogens is 326 g/mol. The molecule has 1 fully saturated rings. The average molecular weight is 349 g/mol. The quantitative estimate of drug-likeness (QED) is 0.924. The number of hydrogen-bond acceptors (Lipinski definition) is 5. The Morgan fingerprint density at radius 2 is 2.25 bits per heavy atom. The van der Waals surface area contributed by atoms with Crippen LogP contribution in [0.25, 0.3) is 0 Å². The first-order chi connectivity index (χ1) is 11.4. The first kappa shape index (κ1) is 16.9. The minimum atomic E-state index is -0.154. The summed E-state index contributed by atoms with van der Waals surface area (Å²) in [4.78, 5) is 18.8. The second-order valence-electron chi connectivity index (χ2n) is 6.27. The minimum Gasteiger partial charge on any atom is -0.367 e. The normalized spacial score (nSPS) is 18.2. The molecule has 24 heavy (non-hydrogen) atoms. The predicted molar refractivity (Wildman–Crippen MR) is 93.5 cm³/mol. The fourth-order valence-electron chi connectivity index (χ4n) is 2.76. The molecule has 0 saturated carbocycles. The number of anilines is 1. The molecular formula is C16H23N5O2S. The predicted octanol–water partition coefficient (Wildman–Crippen LogP) is 3.14. The van der Waals surface area contributed by atoms with E-state index < -0.39 is 0 Å². The maximum Gasteiger partial charge on any atom is 0.323 e. The van der Waals surface area contributed by atoms with Gasteiger partial charge in [-0.3, -0.25) is 10.00 Å². The van der Waals surface area contributed by atoms with E-state index in [9.17, 15) is 4.79 Å². The van der Waals surface area contributed by atoms with Gasteiger partial charge in [0, 0.05) is 35.4 Å². The maximum atomic E-state index is 12.5. The Bertz CT molecular complexity index is 724. The van der Waals surface area contributed by atoms with Crippen molar-refractivity contribution in [2.45, 2.75) is 39.8 Å². The van der Waals surface area contributed by atoms with Gasteiger partial charge in [-0.05, 0) is 27.7 Å². The van der Waals surface area contributed by atoms with Crippen molar-refractivity contribution in [1.82, 2.24) is 19.7 Å². The van der Waals surface area contributed by atoms with E-state index in [1.807, 2.05) is 30.0 Å². The summed E-state index contributed by atoms with van der Waals surface area (Å²) in [6.45, 7) is 9.65. The number of aryl methyl sites for hydroxylation is 2. The lowest BCUT2D eigenvalue weighted by atomic mass is 10.3. The monoisotopic (exact) mass is 349 g/mol. The number of nitrogens with one attached hydrogen (secondary N) is 1. The molecule has 3 rings (SSSR count). The minimum absolute atomic E-state index is 0.148. The van der Waals surface area contributed by atoms with Crippen molar-refractivity contribution in [3.05, 3.63) is 27.8 Å². The van der Waals surface area contributed by atoms with E-state index in [-0.39, 0.29) is 18.2 Å². The molecule has 0 radical (unpaired) electrons. The van der Waals surface area contributed by atoms with Gasteiger partial charge in [-0.15, -0.1) is 11.3 Å². The number of nitrogens with zero attached hydrogens (tertiary/aromatic N) is 4. The van der Waals surface area contributed by atoms with E-state index in [1.165, 1.54) is 0 Å². The van der Waals surface area contributed by atoms with Crippen LogP contribution in [0.4, 0.5) is 10.6 Å². The number of carbonyl (C=O) groups is 1. The van der Waals surface area contributed by atoms with Crippen LogP contribution in [0, 0.1) is 13.8 Å². The van der Waals surface area contributed by atoms with Gasteiger partial charge in [0.05, 0.1) is 13.2 Å². The molecule has 7 nitrogen and oxygen atoms in total. The number of thiazole rings is 1. The highest BCUT2D eigenvalue weighted by Gasteiger charge is 2.27. The summed E-state index contributed by atoms with van der Waals surface area (Å²) in [5.41, 5.74) is 2.01. The van der Waals surface area contributed by atoms with Gasteiger partial charge in [0.1, 0.15) is 11.1 Å². The first-order valence-corrected chi connectivity index (χ1v) is 8.97. The lowest BCUT2D eigenvalue weighted by Gasteiger charge is -2.31. The molecule has 1 aliphatic heterocycles. The van der Waals surface area contributed by atoms with Crippen LogP contribution in [0.3, 0.4) is 0 Å². The van der Waals surface area contributed by atoms with Gasteiger partial charge in [-0.25, -0.2) is 9.78 Å². The molecule has 2 aromatic rings. The summed E-state index contributed by atoms with van der Waals surface area (Å²) in [6.07, 6.45) is -0.154. The van der Waals surface area contributed by atoms with Gasteiger partial charge in [0.2, 0.25) is 0 Å². The molecule has 1 atom stereocenters. The number of ether oxygens (including phenoxy) is 1. The van der Waals surface area contributed by atoms with Gasteiger partial charge in [0.25, 0.3) is 0 Å². The van der Waals surface area contributed by atoms with Crippen LogP contribution in [-0.2, 0) is 4.74 Å². The van der Waals surface area contributed by atoms with Crippen LogP contribution in [0.1, 0.15) is 42.4 Å². The van der Waals surface area contributed by atoms with Crippen molar-refractivity contribution < 1.29 is 9.53 Å². The standard InChI is InChI=1S/C16H23N5O2S/c1-10(2)21-12(4)7-14(19-21)18-16(22)20-5-6-23-13(8-20)15-17-11(3)9-24-15/h7,9-10,13H,5-6,8H2,1-4H3,(H,18,19,22). The third-order valence-corrected chi connectivity index (χ3v) is 4.97. The van der Waals surface area contributed by atoms with Gasteiger partial charge < -0.3 is 9.64 Å². The molecule has 8 heteroatoms. The van der Waals surface area contributed by atoms with E-state index in [0.29, 0.717) is 25.5 Å². The Balaban J connectivity index is 1.65. The first-order valence-electron chi connectivity index (χ1n) is 8.09. The van der Waals surface area contributed by atoms with Gasteiger partial charge in [-0.2, -0.15) is 5.10 Å². The molecule has 1 saturated heterocycles. The van der Waals surface area contributed by atoms with Crippen molar-refractivity contribution in [2.24, 2.45) is 0 Å². The fourth-order valence-corrected chi connectivity index (χ4v) is 3.60. The molecule has 2 amide bonds. The number of rotatable bonds is 3. The van der Waals surface area contributed by atoms with Gasteiger partial charge in [-0.1, -0.05) is 0 Å². The Labute approximate surface area is 145 Å². The van der Waals surface area contributed by atoms with Crippen LogP contribution in [0.2, 0.25) is 0 Å². The van der Waals surface area contributed by atoms with Crippen LogP contribution in [-0.4, -0.2) is 45.4 Å². The van der Waals surface area contributed by atoms with Crippen molar-refractivity contribution >= 4 is 23.2 Å². The third-order valence-electron chi connectivity index (χ3n) is 3.91. The van der Waals surface area contributed by atoms with Crippen LogP contribution < -0.4 is 5.32 Å². The lowest BCUT2D eigenvalue weighted by Crippen LogP contribution is -2.44. The zero-order valence-corrected chi connectivity index (χ0v) is 15.3. The largest absolute Gasteiger partial charge is 0.367 e. The van der Waals surface area contributed by atoms with E-state index in [0.717, 1.165) is 16.4 Å². The van der Waals surface area contributed by atoms with Crippen molar-refractivity contribution in [3.8, 4) is 0 Å². The van der Waals surface area contributed by atoms with Crippen molar-refractivity contribution in [1.29, 1.82) is 0 Å². The molecule has 0 spiro atoms. The summed E-state index contributed by atoms with van der Waals surface area (Å²) in [5.74, 6) is 0.583. The average Bonchev–Trinajstić information content (AvgIpc) is 3.13. The zero-order chi connectivity index (χ0) is 17.3. The Morgan fingerprint density at radius 1 is 1.46 bits per heavy atom. The fraction of sp³-hybridized carbons (Fsp3) is 0.562. The summed E-state index contributed by atoms with van der Waals surface area (Å²) in [6, 6.07) is 2.00. The molecule has 3 heterocycles. The number of carbonyl (C=O) groups excluding carboxylic acids is 1. The molecule has 0 bridgehead atoms. The summed E-state index contributed by atoms with van der Waals surface area (Å²) < 4.78 is 7.67. The SMILES string of the molecule is Cc1csc(C2CN(C(=O)Nc3cc(C)n(C(C)C)n3)CCO2)n1. The van der Waals surface area contributed by atoms with Crippen LogP contribution in [0.5, 0.6) is 0 Å². The van der Waals surface area contributed by atoms with Crippen LogP contribution in [0.15, 0.2) is 11.4 Å². The molecule has 1 N–H and O–H groups in total. The van der Waals surface area contributed by atoms with E-state index in [4.69, 9.17) is 4.74 Å². The van der Waals surface area contributed by atoms with Gasteiger partial charge in [0.15, 0.2) is 5.82 Å². The van der Waals surface area contributed by atoms with Crippen LogP contribution >= 0.6 is 11.3 Å². The topological polar surface area (TPSA) is 72.3 Å². The van der Waals surface area contributed by atoms with Gasteiger partial charge >= 0.3 is 6.03 Å². The molecule has 2 aromatic heterocycles. The number of amides is 2. The zero-order valence-electron chi connectivity index (χ0n) is 14.4. The third kappa shape index (κ3) is 3.59. The highest BCUT2D eigenvalue weighted by Crippen LogP contribution is 2.25. The van der Waals surface area contributed by atoms with E-state index in [2.05, 4.69) is 29.2 Å². The highest BCUT2D eigenvalue weighted by molar-refractivity contribution is 7.09. The molecule has 130 valence electrons. The second kappa shape index (κ2) is 6.90. The summed E-state index contributed by atoms with van der Waals surface area (Å²) >= 11 is 1.57. The second-order valence-corrected chi connectivity index (χ2v) is 7.16. The molecule has 1 unspecified atom stereocenters. The Morgan fingerprint density at radius 3 is 2.88 bits per heavy atom. The smallest absolute Gasteiger partial charge is 0.323 e. The van der Waals surface area contributed by atoms with Crippen molar-refractivity contribution in [3.63, 3.8) is 0 Å². The molecule has 0 aliphatic carbocycles. The van der Waals surface area contributed by atoms with E-state index in [1.54, 1.807) is 16.2 Å². The Hall–Kier alpha value is -1.93. The number of morpholine rings is 1. The number of hydrogen-bond donors (Lipinski definition) is 1. The highest BCUT2D eigenvalue weighted by atomic mass is 32.1. The Kier molecular flexibility index (Phi) is 4.86. The maximum absolute atomic E-state index is 12.5. The van der Waals surface area contributed by atoms with Crippen molar-refractivity contribution in [2.75, 3.05) is 25.0 Å². The number of urea groups is 1. The summed E-state index contributed by atoms with van der Waals surface area (Å²) in [5, 5.41) is 10.2. The number of aromatic nitrogens is 3. The molecule has 0 aromatic carbocycles. The lowest BCUT2D eigenvalue weighted by molar-refractivity contribution is -0.0136.